The van der Waals surface area contributed by atoms with Crippen LogP contribution in [-0.4, -0.2) is 46.7 Å². The van der Waals surface area contributed by atoms with Crippen LogP contribution in [0.1, 0.15) is 16.7 Å². The van der Waals surface area contributed by atoms with Crippen LogP contribution in [0.15, 0.2) is 95.0 Å². The Morgan fingerprint density at radius 3 is 2.06 bits per heavy atom. The Kier molecular flexibility index (Phi) is 10.6. The van der Waals surface area contributed by atoms with Gasteiger partial charge in [0.2, 0.25) is 0 Å². The first-order valence-electron chi connectivity index (χ1n) is 11.4. The van der Waals surface area contributed by atoms with E-state index in [1.54, 1.807) is 12.1 Å². The van der Waals surface area contributed by atoms with E-state index in [4.69, 9.17) is 13.7 Å². The molecule has 0 radical (unpaired) electrons. The first-order valence-corrected chi connectivity index (χ1v) is 12.8. The topological polar surface area (TPSA) is 83.4 Å². The van der Waals surface area contributed by atoms with Gasteiger partial charge in [0.15, 0.2) is 6.17 Å². The Morgan fingerprint density at radius 1 is 0.889 bits per heavy atom. The van der Waals surface area contributed by atoms with E-state index in [1.807, 2.05) is 67.6 Å². The number of hydrogen-bond acceptors (Lipinski definition) is 7. The van der Waals surface area contributed by atoms with Gasteiger partial charge in [-0.1, -0.05) is 83.5 Å². The van der Waals surface area contributed by atoms with Crippen LogP contribution in [0.3, 0.4) is 0 Å². The van der Waals surface area contributed by atoms with Gasteiger partial charge in [-0.3, -0.25) is 4.18 Å². The van der Waals surface area contributed by atoms with Crippen LogP contribution in [0.25, 0.3) is 0 Å². The van der Waals surface area contributed by atoms with Crippen molar-refractivity contribution in [1.82, 2.24) is 0 Å². The molecular weight excluding hydrogens is 485 g/mol. The molecule has 0 amide bonds. The van der Waals surface area contributed by atoms with Crippen molar-refractivity contribution in [1.29, 1.82) is 0 Å². The molecule has 0 saturated carbocycles. The summed E-state index contributed by atoms with van der Waals surface area (Å²) in [4.78, 5) is 4.56. The molecule has 7 nitrogen and oxygen atoms in total. The maximum atomic E-state index is 15.3. The standard InChI is InChI=1S/C27H30FNO6S/c1-21-13-15-24(16-14-21)36(30,31)35-26(20-33-18-22-9-5-3-6-10-22)27(25(28)17-29-32-2)34-19-23-11-7-4-8-12-23/h3-17,25-27H,18-20H2,1-2H3/t25-,26-,27-/m0/s1. The molecular formula is C27H30FNO6S. The fraction of sp³-hybridized carbons (Fsp3) is 0.296. The fourth-order valence-corrected chi connectivity index (χ4v) is 4.41. The molecule has 3 rings (SSSR count). The Hall–Kier alpha value is -3.11. The summed E-state index contributed by atoms with van der Waals surface area (Å²) in [5.41, 5.74) is 2.54. The highest BCUT2D eigenvalue weighted by molar-refractivity contribution is 7.86. The van der Waals surface area contributed by atoms with E-state index in [1.165, 1.54) is 19.2 Å². The van der Waals surface area contributed by atoms with Gasteiger partial charge in [-0.15, -0.1) is 0 Å². The van der Waals surface area contributed by atoms with Crippen LogP contribution in [0, 0.1) is 6.92 Å². The first-order chi connectivity index (χ1) is 17.4. The summed E-state index contributed by atoms with van der Waals surface area (Å²) in [5, 5.41) is 3.50. The summed E-state index contributed by atoms with van der Waals surface area (Å²) in [6.07, 6.45) is -3.61. The molecule has 0 aromatic heterocycles. The van der Waals surface area contributed by atoms with Gasteiger partial charge in [-0.05, 0) is 30.2 Å². The highest BCUT2D eigenvalue weighted by Crippen LogP contribution is 2.22. The molecule has 0 bridgehead atoms. The van der Waals surface area contributed by atoms with Gasteiger partial charge in [0.25, 0.3) is 10.1 Å². The minimum Gasteiger partial charge on any atom is -0.399 e. The van der Waals surface area contributed by atoms with Crippen LogP contribution in [0.5, 0.6) is 0 Å². The summed E-state index contributed by atoms with van der Waals surface area (Å²) in [6.45, 7) is 1.80. The van der Waals surface area contributed by atoms with E-state index < -0.39 is 28.5 Å². The van der Waals surface area contributed by atoms with Crippen molar-refractivity contribution >= 4 is 16.3 Å². The van der Waals surface area contributed by atoms with Crippen LogP contribution in [0.2, 0.25) is 0 Å². The molecule has 9 heteroatoms. The van der Waals surface area contributed by atoms with Crippen molar-refractivity contribution in [2.45, 2.75) is 43.4 Å². The summed E-state index contributed by atoms with van der Waals surface area (Å²) in [7, 11) is -2.98. The summed E-state index contributed by atoms with van der Waals surface area (Å²) in [6, 6.07) is 24.6. The number of hydrogen-bond donors (Lipinski definition) is 0. The molecule has 36 heavy (non-hydrogen) atoms. The lowest BCUT2D eigenvalue weighted by atomic mass is 10.1. The number of alkyl halides is 1. The molecule has 0 aliphatic rings. The van der Waals surface area contributed by atoms with Gasteiger partial charge in [0, 0.05) is 0 Å². The van der Waals surface area contributed by atoms with Gasteiger partial charge in [-0.2, -0.15) is 8.42 Å². The number of ether oxygens (including phenoxy) is 2. The molecule has 0 N–H and O–H groups in total. The summed E-state index contributed by atoms with van der Waals surface area (Å²) >= 11 is 0. The van der Waals surface area contributed by atoms with Crippen LogP contribution in [-0.2, 0) is 41.8 Å². The normalized spacial score (nSPS) is 14.4. The van der Waals surface area contributed by atoms with Gasteiger partial charge in [-0.25, -0.2) is 4.39 Å². The van der Waals surface area contributed by atoms with Crippen molar-refractivity contribution in [2.75, 3.05) is 13.7 Å². The van der Waals surface area contributed by atoms with Gasteiger partial charge < -0.3 is 14.3 Å². The zero-order valence-corrected chi connectivity index (χ0v) is 21.0. The van der Waals surface area contributed by atoms with Crippen molar-refractivity contribution in [2.24, 2.45) is 5.16 Å². The average Bonchev–Trinajstić information content (AvgIpc) is 2.88. The third-order valence-electron chi connectivity index (χ3n) is 5.23. The maximum absolute atomic E-state index is 15.3. The first kappa shape index (κ1) is 27.5. The second-order valence-corrected chi connectivity index (χ2v) is 9.62. The highest BCUT2D eigenvalue weighted by Gasteiger charge is 2.35. The molecule has 192 valence electrons. The molecule has 3 aromatic rings. The van der Waals surface area contributed by atoms with Gasteiger partial charge in [0.1, 0.15) is 19.3 Å². The smallest absolute Gasteiger partial charge is 0.297 e. The van der Waals surface area contributed by atoms with Crippen LogP contribution < -0.4 is 0 Å². The Labute approximate surface area is 211 Å². The lowest BCUT2D eigenvalue weighted by Gasteiger charge is -2.28. The molecule has 0 spiro atoms. The lowest BCUT2D eigenvalue weighted by molar-refractivity contribution is -0.0854. The van der Waals surface area contributed by atoms with Gasteiger partial charge in [0.05, 0.1) is 30.9 Å². The van der Waals surface area contributed by atoms with Crippen LogP contribution >= 0.6 is 0 Å². The predicted molar refractivity (Wildman–Crippen MR) is 135 cm³/mol. The molecule has 0 fully saturated rings. The van der Waals surface area contributed by atoms with Crippen molar-refractivity contribution in [3.8, 4) is 0 Å². The Morgan fingerprint density at radius 2 is 1.47 bits per heavy atom. The second kappa shape index (κ2) is 13.8. The van der Waals surface area contributed by atoms with E-state index in [2.05, 4.69) is 9.99 Å². The number of oxime groups is 1. The number of benzene rings is 3. The minimum absolute atomic E-state index is 0.0237. The molecule has 0 heterocycles. The monoisotopic (exact) mass is 515 g/mol. The average molecular weight is 516 g/mol. The quantitative estimate of drug-likeness (QED) is 0.174. The number of aryl methyl sites for hydroxylation is 1. The zero-order chi connectivity index (χ0) is 25.8. The number of nitrogens with zero attached hydrogens (tertiary/aromatic N) is 1. The molecule has 0 unspecified atom stereocenters. The summed E-state index contributed by atoms with van der Waals surface area (Å²) in [5.74, 6) is 0. The Balaban J connectivity index is 1.85. The molecule has 0 aliphatic carbocycles. The summed E-state index contributed by atoms with van der Waals surface area (Å²) < 4.78 is 58.6. The third kappa shape index (κ3) is 8.53. The van der Waals surface area contributed by atoms with Gasteiger partial charge >= 0.3 is 0 Å². The molecule has 3 atom stereocenters. The van der Waals surface area contributed by atoms with Crippen molar-refractivity contribution in [3.05, 3.63) is 102 Å². The lowest BCUT2D eigenvalue weighted by Crippen LogP contribution is -2.44. The largest absolute Gasteiger partial charge is 0.399 e. The molecule has 0 saturated heterocycles. The molecule has 0 aliphatic heterocycles. The SMILES string of the molecule is CON=C[C@H](F)[C@H](OCc1ccccc1)[C@H](COCc1ccccc1)OS(=O)(=O)c1ccc(C)cc1. The predicted octanol–water partition coefficient (Wildman–Crippen LogP) is 4.84. The van der Waals surface area contributed by atoms with E-state index >= 15 is 4.39 Å². The van der Waals surface area contributed by atoms with Crippen molar-refractivity contribution in [3.63, 3.8) is 0 Å². The van der Waals surface area contributed by atoms with E-state index in [-0.39, 0.29) is 24.7 Å². The highest BCUT2D eigenvalue weighted by atomic mass is 32.2. The third-order valence-corrected chi connectivity index (χ3v) is 6.58. The minimum atomic E-state index is -4.26. The maximum Gasteiger partial charge on any atom is 0.297 e. The fourth-order valence-electron chi connectivity index (χ4n) is 3.34. The van der Waals surface area contributed by atoms with E-state index in [0.717, 1.165) is 22.9 Å². The molecule has 3 aromatic carbocycles. The number of halogens is 1. The van der Waals surface area contributed by atoms with Crippen LogP contribution in [0.4, 0.5) is 4.39 Å². The van der Waals surface area contributed by atoms with Crippen molar-refractivity contribution < 1.29 is 31.3 Å². The van der Waals surface area contributed by atoms with E-state index in [9.17, 15) is 8.42 Å². The zero-order valence-electron chi connectivity index (χ0n) is 20.2. The number of rotatable bonds is 14. The Bertz CT molecular complexity index is 1170. The van der Waals surface area contributed by atoms with E-state index in [0.29, 0.717) is 0 Å². The second-order valence-electron chi connectivity index (χ2n) is 8.05.